The Balaban J connectivity index is 2.49. The Morgan fingerprint density at radius 2 is 1.84 bits per heavy atom. The molecule has 2 aromatic carbocycles. The molecule has 0 aliphatic heterocycles. The Morgan fingerprint density at radius 3 is 2.53 bits per heavy atom. The zero-order chi connectivity index (χ0) is 13.8. The topological polar surface area (TPSA) is 29.5 Å². The fourth-order valence-corrected chi connectivity index (χ4v) is 2.76. The summed E-state index contributed by atoms with van der Waals surface area (Å²) in [6.45, 7) is 2.01. The molecule has 0 heterocycles. The van der Waals surface area contributed by atoms with E-state index in [4.69, 9.17) is 4.74 Å². The molecule has 2 nitrogen and oxygen atoms in total. The van der Waals surface area contributed by atoms with Crippen molar-refractivity contribution in [2.24, 2.45) is 0 Å². The highest BCUT2D eigenvalue weighted by atomic mass is 32.2. The number of rotatable bonds is 4. The molecule has 0 spiro atoms. The summed E-state index contributed by atoms with van der Waals surface area (Å²) in [5.74, 6) is 0.717. The Morgan fingerprint density at radius 1 is 1.11 bits per heavy atom. The average molecular weight is 274 g/mol. The van der Waals surface area contributed by atoms with E-state index < -0.39 is 6.10 Å². The third kappa shape index (κ3) is 2.94. The Bertz CT molecular complexity index is 566. The predicted molar refractivity (Wildman–Crippen MR) is 80.0 cm³/mol. The zero-order valence-electron chi connectivity index (χ0n) is 11.4. The van der Waals surface area contributed by atoms with Gasteiger partial charge in [-0.2, -0.15) is 0 Å². The third-order valence-electron chi connectivity index (χ3n) is 3.11. The number of aliphatic hydroxyl groups is 1. The molecule has 0 aliphatic carbocycles. The van der Waals surface area contributed by atoms with Gasteiger partial charge in [-0.15, -0.1) is 11.8 Å². The molecule has 0 aliphatic rings. The normalized spacial score (nSPS) is 12.2. The van der Waals surface area contributed by atoms with Crippen LogP contribution < -0.4 is 4.74 Å². The molecule has 0 aromatic heterocycles. The van der Waals surface area contributed by atoms with Crippen molar-refractivity contribution in [1.82, 2.24) is 0 Å². The number of hydrogen-bond acceptors (Lipinski definition) is 3. The lowest BCUT2D eigenvalue weighted by Crippen LogP contribution is -2.04. The van der Waals surface area contributed by atoms with E-state index in [1.165, 1.54) is 0 Å². The summed E-state index contributed by atoms with van der Waals surface area (Å²) in [5.41, 5.74) is 2.83. The van der Waals surface area contributed by atoms with E-state index >= 15 is 0 Å². The van der Waals surface area contributed by atoms with Gasteiger partial charge in [-0.25, -0.2) is 0 Å². The number of thioether (sulfide) groups is 1. The molecular weight excluding hydrogens is 256 g/mol. The SMILES string of the molecule is COc1ccc(C)cc1C(O)c1ccccc1SC. The summed E-state index contributed by atoms with van der Waals surface area (Å²) < 4.78 is 5.35. The molecule has 2 rings (SSSR count). The van der Waals surface area contributed by atoms with Crippen LogP contribution in [0.3, 0.4) is 0 Å². The first-order valence-corrected chi connectivity index (χ1v) is 7.35. The predicted octanol–water partition coefficient (Wildman–Crippen LogP) is 3.81. The van der Waals surface area contributed by atoms with E-state index in [1.807, 2.05) is 55.6 Å². The van der Waals surface area contributed by atoms with Gasteiger partial charge in [-0.1, -0.05) is 29.8 Å². The number of benzene rings is 2. The first-order valence-electron chi connectivity index (χ1n) is 6.13. The summed E-state index contributed by atoms with van der Waals surface area (Å²) >= 11 is 1.64. The molecule has 0 saturated carbocycles. The molecule has 0 fully saturated rings. The van der Waals surface area contributed by atoms with Crippen LogP contribution in [0.15, 0.2) is 47.4 Å². The highest BCUT2D eigenvalue weighted by Gasteiger charge is 2.18. The first kappa shape index (κ1) is 14.0. The van der Waals surface area contributed by atoms with E-state index in [-0.39, 0.29) is 0 Å². The molecule has 100 valence electrons. The lowest BCUT2D eigenvalue weighted by atomic mass is 9.99. The molecule has 0 bridgehead atoms. The van der Waals surface area contributed by atoms with Gasteiger partial charge in [0.1, 0.15) is 11.9 Å². The number of methoxy groups -OCH3 is 1. The van der Waals surface area contributed by atoms with E-state index in [1.54, 1.807) is 18.9 Å². The van der Waals surface area contributed by atoms with Crippen LogP contribution in [0.5, 0.6) is 5.75 Å². The minimum absolute atomic E-state index is 0.668. The Hall–Kier alpha value is -1.45. The Kier molecular flexibility index (Phi) is 4.51. The second-order valence-corrected chi connectivity index (χ2v) is 5.24. The molecular formula is C16H18O2S. The molecule has 0 amide bonds. The molecule has 19 heavy (non-hydrogen) atoms. The summed E-state index contributed by atoms with van der Waals surface area (Å²) in [5, 5.41) is 10.6. The highest BCUT2D eigenvalue weighted by molar-refractivity contribution is 7.98. The van der Waals surface area contributed by atoms with Crippen LogP contribution in [-0.2, 0) is 0 Å². The van der Waals surface area contributed by atoms with Crippen LogP contribution in [0, 0.1) is 6.92 Å². The minimum Gasteiger partial charge on any atom is -0.496 e. The van der Waals surface area contributed by atoms with Crippen LogP contribution >= 0.6 is 11.8 Å². The van der Waals surface area contributed by atoms with Gasteiger partial charge in [0, 0.05) is 10.5 Å². The second kappa shape index (κ2) is 6.13. The van der Waals surface area contributed by atoms with Crippen molar-refractivity contribution >= 4 is 11.8 Å². The second-order valence-electron chi connectivity index (χ2n) is 4.39. The molecule has 3 heteroatoms. The van der Waals surface area contributed by atoms with Gasteiger partial charge in [-0.3, -0.25) is 0 Å². The van der Waals surface area contributed by atoms with Gasteiger partial charge in [0.15, 0.2) is 0 Å². The lowest BCUT2D eigenvalue weighted by Gasteiger charge is -2.18. The number of ether oxygens (including phenoxy) is 1. The largest absolute Gasteiger partial charge is 0.496 e. The van der Waals surface area contributed by atoms with Crippen molar-refractivity contribution in [2.45, 2.75) is 17.9 Å². The van der Waals surface area contributed by atoms with E-state index in [2.05, 4.69) is 0 Å². The number of aliphatic hydroxyl groups excluding tert-OH is 1. The van der Waals surface area contributed by atoms with Crippen LogP contribution in [0.4, 0.5) is 0 Å². The van der Waals surface area contributed by atoms with Crippen molar-refractivity contribution in [3.8, 4) is 5.75 Å². The van der Waals surface area contributed by atoms with Gasteiger partial charge in [0.2, 0.25) is 0 Å². The van der Waals surface area contributed by atoms with Crippen molar-refractivity contribution in [2.75, 3.05) is 13.4 Å². The summed E-state index contributed by atoms with van der Waals surface area (Å²) in [6.07, 6.45) is 1.34. The van der Waals surface area contributed by atoms with Crippen molar-refractivity contribution in [3.63, 3.8) is 0 Å². The smallest absolute Gasteiger partial charge is 0.125 e. The molecule has 1 unspecified atom stereocenters. The van der Waals surface area contributed by atoms with E-state index in [9.17, 15) is 5.11 Å². The van der Waals surface area contributed by atoms with Crippen molar-refractivity contribution in [3.05, 3.63) is 59.2 Å². The molecule has 1 atom stereocenters. The minimum atomic E-state index is -0.668. The third-order valence-corrected chi connectivity index (χ3v) is 3.92. The van der Waals surface area contributed by atoms with Crippen LogP contribution in [0.25, 0.3) is 0 Å². The molecule has 2 aromatic rings. The fraction of sp³-hybridized carbons (Fsp3) is 0.250. The van der Waals surface area contributed by atoms with E-state index in [0.717, 1.165) is 21.6 Å². The molecule has 0 radical (unpaired) electrons. The van der Waals surface area contributed by atoms with Gasteiger partial charge < -0.3 is 9.84 Å². The van der Waals surface area contributed by atoms with Crippen LogP contribution in [0.2, 0.25) is 0 Å². The van der Waals surface area contributed by atoms with Crippen LogP contribution in [-0.4, -0.2) is 18.5 Å². The van der Waals surface area contributed by atoms with Crippen molar-refractivity contribution in [1.29, 1.82) is 0 Å². The monoisotopic (exact) mass is 274 g/mol. The summed E-state index contributed by atoms with van der Waals surface area (Å²) in [4.78, 5) is 1.08. The standard InChI is InChI=1S/C16H18O2S/c1-11-8-9-14(18-2)13(10-11)16(17)12-6-4-5-7-15(12)19-3/h4-10,16-17H,1-3H3. The fourth-order valence-electron chi connectivity index (χ4n) is 2.13. The maximum Gasteiger partial charge on any atom is 0.125 e. The Labute approximate surface area is 118 Å². The van der Waals surface area contributed by atoms with Crippen molar-refractivity contribution < 1.29 is 9.84 Å². The average Bonchev–Trinajstić information content (AvgIpc) is 2.46. The maximum absolute atomic E-state index is 10.6. The highest BCUT2D eigenvalue weighted by Crippen LogP contribution is 2.34. The quantitative estimate of drug-likeness (QED) is 0.860. The van der Waals surface area contributed by atoms with Gasteiger partial charge in [-0.05, 0) is 36.9 Å². The van der Waals surface area contributed by atoms with E-state index in [0.29, 0.717) is 5.75 Å². The number of hydrogen-bond donors (Lipinski definition) is 1. The maximum atomic E-state index is 10.6. The summed E-state index contributed by atoms with van der Waals surface area (Å²) in [6, 6.07) is 13.8. The first-order chi connectivity index (χ1) is 9.17. The summed E-state index contributed by atoms with van der Waals surface area (Å²) in [7, 11) is 1.63. The molecule has 0 saturated heterocycles. The molecule has 1 N–H and O–H groups in total. The number of aryl methyl sites for hydroxylation is 1. The van der Waals surface area contributed by atoms with Crippen LogP contribution in [0.1, 0.15) is 22.8 Å². The zero-order valence-corrected chi connectivity index (χ0v) is 12.2. The van der Waals surface area contributed by atoms with Gasteiger partial charge in [0.05, 0.1) is 7.11 Å². The van der Waals surface area contributed by atoms with Gasteiger partial charge >= 0.3 is 0 Å². The lowest BCUT2D eigenvalue weighted by molar-refractivity contribution is 0.212. The van der Waals surface area contributed by atoms with Gasteiger partial charge in [0.25, 0.3) is 0 Å².